The van der Waals surface area contributed by atoms with Gasteiger partial charge in [-0.3, -0.25) is 13.8 Å². The van der Waals surface area contributed by atoms with Gasteiger partial charge in [0.25, 0.3) is 0 Å². The highest BCUT2D eigenvalue weighted by Gasteiger charge is 2.26. The zero-order chi connectivity index (χ0) is 46.9. The molecule has 0 bridgehead atoms. The van der Waals surface area contributed by atoms with E-state index in [9.17, 15) is 14.3 Å². The number of hydrogen-bond donors (Lipinski definition) is 1. The molecule has 0 saturated carbocycles. The Hall–Kier alpha value is -1.54. The molecule has 0 spiro atoms. The fourth-order valence-corrected chi connectivity index (χ4v) is 8.29. The number of phosphoric acid groups is 1. The third-order valence-corrected chi connectivity index (χ3v) is 12.6. The van der Waals surface area contributed by atoms with E-state index in [4.69, 9.17) is 18.5 Å². The summed E-state index contributed by atoms with van der Waals surface area (Å²) in [5, 5.41) is 0. The van der Waals surface area contributed by atoms with E-state index >= 15 is 0 Å². The molecule has 2 atom stereocenters. The average molecular weight is 923 g/mol. The number of allylic oxidation sites excluding steroid dienone is 8. The van der Waals surface area contributed by atoms with Crippen molar-refractivity contribution in [1.82, 2.24) is 0 Å². The second-order valence-corrected chi connectivity index (χ2v) is 20.7. The summed E-state index contributed by atoms with van der Waals surface area (Å²) in [6, 6.07) is 0. The van der Waals surface area contributed by atoms with Crippen LogP contribution in [0.25, 0.3) is 0 Å². The molecule has 0 aliphatic heterocycles. The molecule has 0 aromatic rings. The maximum absolute atomic E-state index is 12.8. The number of unbranched alkanes of at least 4 members (excludes halogenated alkanes) is 28. The highest BCUT2D eigenvalue weighted by atomic mass is 31.2. The lowest BCUT2D eigenvalue weighted by molar-refractivity contribution is -0.870. The number of esters is 1. The minimum Gasteiger partial charge on any atom is -0.457 e. The number of rotatable bonds is 50. The van der Waals surface area contributed by atoms with Crippen molar-refractivity contribution in [2.24, 2.45) is 0 Å². The van der Waals surface area contributed by atoms with Gasteiger partial charge in [0.2, 0.25) is 0 Å². The molecule has 0 rings (SSSR count). The predicted molar refractivity (Wildman–Crippen MR) is 275 cm³/mol. The van der Waals surface area contributed by atoms with Crippen LogP contribution in [-0.2, 0) is 27.9 Å². The van der Waals surface area contributed by atoms with E-state index < -0.39 is 13.9 Å². The second kappa shape index (κ2) is 47.9. The molecule has 0 heterocycles. The monoisotopic (exact) mass is 923 g/mol. The molecule has 0 amide bonds. The van der Waals surface area contributed by atoms with Gasteiger partial charge < -0.3 is 18.9 Å². The molecular formula is C55H105NO7P+. The Morgan fingerprint density at radius 3 is 1.36 bits per heavy atom. The highest BCUT2D eigenvalue weighted by Crippen LogP contribution is 2.43. The van der Waals surface area contributed by atoms with Gasteiger partial charge in [-0.15, -0.1) is 0 Å². The van der Waals surface area contributed by atoms with Crippen LogP contribution in [0.5, 0.6) is 0 Å². The summed E-state index contributed by atoms with van der Waals surface area (Å²) in [7, 11) is 1.67. The van der Waals surface area contributed by atoms with Gasteiger partial charge in [0.15, 0.2) is 0 Å². The number of nitrogens with zero attached hydrogens (tertiary/aromatic N) is 1. The molecule has 0 aliphatic rings. The smallest absolute Gasteiger partial charge is 0.457 e. The van der Waals surface area contributed by atoms with Crippen molar-refractivity contribution in [2.75, 3.05) is 54.1 Å². The molecule has 0 fully saturated rings. The van der Waals surface area contributed by atoms with Crippen molar-refractivity contribution >= 4 is 13.8 Å². The molecule has 9 heteroatoms. The van der Waals surface area contributed by atoms with Gasteiger partial charge >= 0.3 is 13.8 Å². The van der Waals surface area contributed by atoms with Crippen LogP contribution in [0.1, 0.15) is 239 Å². The standard InChI is InChI=1S/C55H104NO7P/c1-6-8-10-12-14-16-18-20-22-24-25-26-27-28-29-30-31-32-33-35-37-39-41-43-45-47-50-60-52-54(53-62-64(58,59)61-51-49-56(3,4)5)63-55(57)48-46-44-42-40-38-36-34-23-21-19-17-15-13-11-9-7-2/h8,10,14,16,20,22,25-26,54H,6-7,9,11-13,15,17-19,21,23-24,27-53H2,1-5H3/p+1/b10-8-,16-14-,22-20-,26-25-. The predicted octanol–water partition coefficient (Wildman–Crippen LogP) is 16.7. The van der Waals surface area contributed by atoms with Gasteiger partial charge in [-0.2, -0.15) is 0 Å². The minimum absolute atomic E-state index is 0.0894. The Balaban J connectivity index is 4.06. The van der Waals surface area contributed by atoms with Crippen LogP contribution in [0.2, 0.25) is 0 Å². The Morgan fingerprint density at radius 2 is 0.906 bits per heavy atom. The average Bonchev–Trinajstić information content (AvgIpc) is 3.25. The van der Waals surface area contributed by atoms with Crippen molar-refractivity contribution in [2.45, 2.75) is 245 Å². The number of likely N-dealkylation sites (N-methyl/N-ethyl adjacent to an activating group) is 1. The summed E-state index contributed by atoms with van der Waals surface area (Å²) in [6.07, 6.45) is 60.2. The van der Waals surface area contributed by atoms with Gasteiger partial charge in [-0.1, -0.05) is 229 Å². The summed E-state index contributed by atoms with van der Waals surface area (Å²) in [4.78, 5) is 23.0. The molecular weight excluding hydrogens is 818 g/mol. The zero-order valence-corrected chi connectivity index (χ0v) is 43.7. The minimum atomic E-state index is -4.28. The van der Waals surface area contributed by atoms with Gasteiger partial charge in [0, 0.05) is 13.0 Å². The van der Waals surface area contributed by atoms with Gasteiger partial charge in [-0.05, 0) is 51.4 Å². The number of quaternary nitrogens is 1. The van der Waals surface area contributed by atoms with E-state index in [0.717, 1.165) is 57.8 Å². The van der Waals surface area contributed by atoms with Crippen LogP contribution in [-0.4, -0.2) is 75.6 Å². The molecule has 0 radical (unpaired) electrons. The molecule has 1 N–H and O–H groups in total. The zero-order valence-electron chi connectivity index (χ0n) is 42.8. The van der Waals surface area contributed by atoms with Crippen molar-refractivity contribution in [3.05, 3.63) is 48.6 Å². The van der Waals surface area contributed by atoms with E-state index in [1.54, 1.807) is 0 Å². The summed E-state index contributed by atoms with van der Waals surface area (Å²) in [5.74, 6) is -0.310. The van der Waals surface area contributed by atoms with Crippen molar-refractivity contribution in [3.8, 4) is 0 Å². The van der Waals surface area contributed by atoms with E-state index in [0.29, 0.717) is 24.1 Å². The number of phosphoric ester groups is 1. The molecule has 0 aromatic carbocycles. The van der Waals surface area contributed by atoms with Gasteiger partial charge in [0.05, 0.1) is 34.4 Å². The number of ether oxygens (including phenoxy) is 2. The summed E-state index contributed by atoms with van der Waals surface area (Å²) in [6.45, 7) is 5.55. The first kappa shape index (κ1) is 62.5. The lowest BCUT2D eigenvalue weighted by atomic mass is 10.0. The fraction of sp³-hybridized carbons (Fsp3) is 0.836. The largest absolute Gasteiger partial charge is 0.472 e. The Morgan fingerprint density at radius 1 is 0.500 bits per heavy atom. The number of carbonyl (C=O) groups excluding carboxylic acids is 1. The Bertz CT molecular complexity index is 1160. The van der Waals surface area contributed by atoms with E-state index in [-0.39, 0.29) is 25.8 Å². The van der Waals surface area contributed by atoms with Crippen molar-refractivity contribution in [3.63, 3.8) is 0 Å². The van der Waals surface area contributed by atoms with Crippen LogP contribution in [0.4, 0.5) is 0 Å². The van der Waals surface area contributed by atoms with E-state index in [1.807, 2.05) is 21.1 Å². The summed E-state index contributed by atoms with van der Waals surface area (Å²) in [5.41, 5.74) is 0. The quantitative estimate of drug-likeness (QED) is 0.0214. The number of carbonyl (C=O) groups is 1. The molecule has 64 heavy (non-hydrogen) atoms. The van der Waals surface area contributed by atoms with Crippen molar-refractivity contribution < 1.29 is 37.3 Å². The maximum Gasteiger partial charge on any atom is 0.472 e. The first-order valence-corrected chi connectivity index (χ1v) is 28.4. The van der Waals surface area contributed by atoms with Crippen LogP contribution in [0.3, 0.4) is 0 Å². The summed E-state index contributed by atoms with van der Waals surface area (Å²) >= 11 is 0. The van der Waals surface area contributed by atoms with Gasteiger partial charge in [0.1, 0.15) is 19.3 Å². The molecule has 376 valence electrons. The van der Waals surface area contributed by atoms with Crippen LogP contribution in [0, 0.1) is 0 Å². The lowest BCUT2D eigenvalue weighted by Crippen LogP contribution is -2.37. The van der Waals surface area contributed by atoms with Crippen LogP contribution < -0.4 is 0 Å². The van der Waals surface area contributed by atoms with Gasteiger partial charge in [-0.25, -0.2) is 4.57 Å². The summed E-state index contributed by atoms with van der Waals surface area (Å²) < 4.78 is 35.2. The molecule has 2 unspecified atom stereocenters. The van der Waals surface area contributed by atoms with Crippen molar-refractivity contribution in [1.29, 1.82) is 0 Å². The highest BCUT2D eigenvalue weighted by molar-refractivity contribution is 7.47. The Kier molecular flexibility index (Phi) is 46.8. The number of hydrogen-bond acceptors (Lipinski definition) is 6. The third-order valence-electron chi connectivity index (χ3n) is 11.7. The fourth-order valence-electron chi connectivity index (χ4n) is 7.55. The second-order valence-electron chi connectivity index (χ2n) is 19.2. The lowest BCUT2D eigenvalue weighted by Gasteiger charge is -2.24. The SMILES string of the molecule is CC/C=C\C/C=C\C/C=C\C/C=C\CCCCCCCCCCCCCCCOCC(COP(=O)(O)OCC[N+](C)(C)C)OC(=O)CCCCCCCCCCCCCCCCCC. The maximum atomic E-state index is 12.8. The first-order chi connectivity index (χ1) is 31.1. The van der Waals surface area contributed by atoms with Crippen LogP contribution in [0.15, 0.2) is 48.6 Å². The first-order valence-electron chi connectivity index (χ1n) is 26.9. The molecule has 0 aromatic heterocycles. The van der Waals surface area contributed by atoms with E-state index in [1.165, 1.54) is 161 Å². The Labute approximate surface area is 397 Å². The van der Waals surface area contributed by atoms with E-state index in [2.05, 4.69) is 62.5 Å². The molecule has 0 saturated heterocycles. The van der Waals surface area contributed by atoms with Crippen LogP contribution >= 0.6 is 7.82 Å². The topological polar surface area (TPSA) is 91.3 Å². The molecule has 0 aliphatic carbocycles. The molecule has 8 nitrogen and oxygen atoms in total. The third kappa shape index (κ3) is 51.4. The normalized spacial score (nSPS) is 13.9.